The molecule has 1 aliphatic heterocycles. The van der Waals surface area contributed by atoms with Crippen LogP contribution in [0.15, 0.2) is 4.52 Å². The van der Waals surface area contributed by atoms with Crippen molar-refractivity contribution in [2.24, 2.45) is 7.05 Å². The molecule has 2 aromatic rings. The topological polar surface area (TPSA) is 77.0 Å². The molecule has 1 fully saturated rings. The molecule has 1 saturated heterocycles. The smallest absolute Gasteiger partial charge is 0.231 e. The summed E-state index contributed by atoms with van der Waals surface area (Å²) in [6, 6.07) is 0. The molecule has 3 heterocycles. The van der Waals surface area contributed by atoms with Gasteiger partial charge in [0.1, 0.15) is 0 Å². The average Bonchev–Trinajstić information content (AvgIpc) is 3.06. The Morgan fingerprint density at radius 1 is 1.35 bits per heavy atom. The highest BCUT2D eigenvalue weighted by Crippen LogP contribution is 2.26. The van der Waals surface area contributed by atoms with E-state index < -0.39 is 0 Å². The van der Waals surface area contributed by atoms with Gasteiger partial charge < -0.3 is 9.42 Å². The molecule has 1 atom stereocenters. The van der Waals surface area contributed by atoms with E-state index in [0.29, 0.717) is 24.7 Å². The molecule has 0 bridgehead atoms. The average molecular weight is 317 g/mol. The summed E-state index contributed by atoms with van der Waals surface area (Å²) in [5.74, 6) is 1.58. The van der Waals surface area contributed by atoms with Gasteiger partial charge in [-0.25, -0.2) is 0 Å². The quantitative estimate of drug-likeness (QED) is 0.860. The van der Waals surface area contributed by atoms with Crippen molar-refractivity contribution in [1.29, 1.82) is 0 Å². The van der Waals surface area contributed by atoms with E-state index in [1.165, 1.54) is 0 Å². The van der Waals surface area contributed by atoms with Gasteiger partial charge in [0.05, 0.1) is 18.0 Å². The van der Waals surface area contributed by atoms with Crippen molar-refractivity contribution in [3.05, 3.63) is 28.7 Å². The number of likely N-dealkylation sites (tertiary alicyclic amines) is 1. The molecule has 0 aliphatic carbocycles. The molecular formula is C16H23N5O2. The van der Waals surface area contributed by atoms with E-state index in [9.17, 15) is 4.79 Å². The summed E-state index contributed by atoms with van der Waals surface area (Å²) in [6.07, 6.45) is 2.35. The van der Waals surface area contributed by atoms with Gasteiger partial charge in [0.2, 0.25) is 11.8 Å². The fourth-order valence-electron chi connectivity index (χ4n) is 3.22. The number of aryl methyl sites for hydroxylation is 3. The van der Waals surface area contributed by atoms with Gasteiger partial charge in [-0.05, 0) is 33.6 Å². The van der Waals surface area contributed by atoms with Crippen molar-refractivity contribution in [3.8, 4) is 0 Å². The Balaban J connectivity index is 1.70. The first-order valence-corrected chi connectivity index (χ1v) is 8.02. The van der Waals surface area contributed by atoms with Crippen molar-refractivity contribution in [3.63, 3.8) is 0 Å². The first-order valence-electron chi connectivity index (χ1n) is 8.02. The molecule has 1 amide bonds. The summed E-state index contributed by atoms with van der Waals surface area (Å²) < 4.78 is 7.11. The van der Waals surface area contributed by atoms with Gasteiger partial charge in [-0.3, -0.25) is 9.48 Å². The first-order chi connectivity index (χ1) is 11.0. The normalized spacial score (nSPS) is 18.4. The van der Waals surface area contributed by atoms with Gasteiger partial charge in [-0.2, -0.15) is 10.1 Å². The maximum Gasteiger partial charge on any atom is 0.231 e. The minimum atomic E-state index is 0.144. The van der Waals surface area contributed by atoms with Crippen LogP contribution in [0.5, 0.6) is 0 Å². The molecule has 1 unspecified atom stereocenters. The number of piperidine rings is 1. The summed E-state index contributed by atoms with van der Waals surface area (Å²) in [4.78, 5) is 18.9. The van der Waals surface area contributed by atoms with Gasteiger partial charge >= 0.3 is 0 Å². The summed E-state index contributed by atoms with van der Waals surface area (Å²) in [7, 11) is 1.91. The SMILES string of the molecule is Cc1noc(C2CCCN(C(=O)Cc3c(C)nn(C)c3C)C2)n1. The first kappa shape index (κ1) is 15.7. The second-order valence-corrected chi connectivity index (χ2v) is 6.31. The fourth-order valence-corrected chi connectivity index (χ4v) is 3.22. The molecular weight excluding hydrogens is 294 g/mol. The number of carbonyl (C=O) groups excluding carboxylic acids is 1. The molecule has 3 rings (SSSR count). The maximum absolute atomic E-state index is 12.7. The second-order valence-electron chi connectivity index (χ2n) is 6.31. The lowest BCUT2D eigenvalue weighted by molar-refractivity contribution is -0.131. The van der Waals surface area contributed by atoms with Crippen LogP contribution in [0.25, 0.3) is 0 Å². The molecule has 0 N–H and O–H groups in total. The molecule has 0 spiro atoms. The predicted octanol–water partition coefficient (Wildman–Crippen LogP) is 1.68. The number of hydrogen-bond acceptors (Lipinski definition) is 5. The third kappa shape index (κ3) is 3.13. The number of aromatic nitrogens is 4. The zero-order valence-corrected chi connectivity index (χ0v) is 14.2. The van der Waals surface area contributed by atoms with Crippen molar-refractivity contribution < 1.29 is 9.32 Å². The van der Waals surface area contributed by atoms with Crippen LogP contribution in [0.3, 0.4) is 0 Å². The number of carbonyl (C=O) groups is 1. The van der Waals surface area contributed by atoms with Crippen molar-refractivity contribution in [2.75, 3.05) is 13.1 Å². The van der Waals surface area contributed by atoms with Crippen molar-refractivity contribution in [1.82, 2.24) is 24.8 Å². The molecule has 124 valence electrons. The van der Waals surface area contributed by atoms with Gasteiger partial charge in [-0.1, -0.05) is 5.16 Å². The molecule has 0 aromatic carbocycles. The highest BCUT2D eigenvalue weighted by Gasteiger charge is 2.29. The van der Waals surface area contributed by atoms with Gasteiger partial charge in [0.15, 0.2) is 5.82 Å². The Hall–Kier alpha value is -2.18. The monoisotopic (exact) mass is 317 g/mol. The molecule has 2 aromatic heterocycles. The molecule has 7 heteroatoms. The lowest BCUT2D eigenvalue weighted by Crippen LogP contribution is -2.40. The minimum Gasteiger partial charge on any atom is -0.342 e. The van der Waals surface area contributed by atoms with Crippen LogP contribution in [-0.4, -0.2) is 43.8 Å². The lowest BCUT2D eigenvalue weighted by Gasteiger charge is -2.31. The zero-order chi connectivity index (χ0) is 16.6. The third-order valence-corrected chi connectivity index (χ3v) is 4.65. The van der Waals surface area contributed by atoms with Gasteiger partial charge in [-0.15, -0.1) is 0 Å². The third-order valence-electron chi connectivity index (χ3n) is 4.65. The summed E-state index contributed by atoms with van der Waals surface area (Å²) in [6.45, 7) is 7.21. The number of amides is 1. The summed E-state index contributed by atoms with van der Waals surface area (Å²) in [5, 5.41) is 8.24. The predicted molar refractivity (Wildman–Crippen MR) is 84.0 cm³/mol. The Labute approximate surface area is 135 Å². The van der Waals surface area contributed by atoms with Crippen molar-refractivity contribution in [2.45, 2.75) is 46.0 Å². The second kappa shape index (κ2) is 6.14. The molecule has 23 heavy (non-hydrogen) atoms. The van der Waals surface area contributed by atoms with Gasteiger partial charge in [0, 0.05) is 31.4 Å². The Kier molecular flexibility index (Phi) is 4.19. The number of rotatable bonds is 3. The van der Waals surface area contributed by atoms with E-state index in [-0.39, 0.29) is 11.8 Å². The van der Waals surface area contributed by atoms with E-state index in [1.807, 2.05) is 37.4 Å². The number of nitrogens with zero attached hydrogens (tertiary/aromatic N) is 5. The van der Waals surface area contributed by atoms with E-state index in [4.69, 9.17) is 4.52 Å². The summed E-state index contributed by atoms with van der Waals surface area (Å²) in [5.41, 5.74) is 3.02. The zero-order valence-electron chi connectivity index (χ0n) is 14.2. The molecule has 7 nitrogen and oxygen atoms in total. The number of hydrogen-bond donors (Lipinski definition) is 0. The van der Waals surface area contributed by atoms with Crippen LogP contribution in [0.1, 0.15) is 47.4 Å². The fraction of sp³-hybridized carbons (Fsp3) is 0.625. The minimum absolute atomic E-state index is 0.144. The van der Waals surface area contributed by atoms with Crippen LogP contribution < -0.4 is 0 Å². The van der Waals surface area contributed by atoms with Crippen LogP contribution in [0, 0.1) is 20.8 Å². The molecule has 0 radical (unpaired) electrons. The van der Waals surface area contributed by atoms with E-state index >= 15 is 0 Å². The molecule has 1 aliphatic rings. The largest absolute Gasteiger partial charge is 0.342 e. The molecule has 0 saturated carbocycles. The Morgan fingerprint density at radius 2 is 2.13 bits per heavy atom. The highest BCUT2D eigenvalue weighted by atomic mass is 16.5. The van der Waals surface area contributed by atoms with E-state index in [2.05, 4.69) is 15.2 Å². The Bertz CT molecular complexity index is 718. The van der Waals surface area contributed by atoms with Crippen LogP contribution >= 0.6 is 0 Å². The van der Waals surface area contributed by atoms with E-state index in [0.717, 1.165) is 36.3 Å². The van der Waals surface area contributed by atoms with Crippen LogP contribution in [0.2, 0.25) is 0 Å². The standard InChI is InChI=1S/C16H23N5O2/c1-10-14(11(2)20(4)18-10)8-15(22)21-7-5-6-13(9-21)16-17-12(3)19-23-16/h13H,5-9H2,1-4H3. The Morgan fingerprint density at radius 3 is 2.74 bits per heavy atom. The van der Waals surface area contributed by atoms with Crippen LogP contribution in [0.4, 0.5) is 0 Å². The van der Waals surface area contributed by atoms with Crippen LogP contribution in [-0.2, 0) is 18.3 Å². The lowest BCUT2D eigenvalue weighted by atomic mass is 9.97. The summed E-state index contributed by atoms with van der Waals surface area (Å²) >= 11 is 0. The van der Waals surface area contributed by atoms with Crippen molar-refractivity contribution >= 4 is 5.91 Å². The van der Waals surface area contributed by atoms with E-state index in [1.54, 1.807) is 0 Å². The highest BCUT2D eigenvalue weighted by molar-refractivity contribution is 5.79. The maximum atomic E-state index is 12.7. The van der Waals surface area contributed by atoms with Gasteiger partial charge in [0.25, 0.3) is 0 Å².